The molecule has 0 N–H and O–H groups in total. The minimum Gasteiger partial charge on any atom is -0.117 e. The van der Waals surface area contributed by atoms with Gasteiger partial charge in [-0.1, -0.05) is 70.5 Å². The maximum atomic E-state index is 2.88. The van der Waals surface area contributed by atoms with Crippen LogP contribution < -0.4 is 0 Å². The zero-order valence-corrected chi connectivity index (χ0v) is 15.3. The fourth-order valence-electron chi connectivity index (χ4n) is 3.51. The van der Waals surface area contributed by atoms with Crippen molar-refractivity contribution in [3.8, 4) is 0 Å². The average molecular weight is 372 g/mol. The second-order valence-electron chi connectivity index (χ2n) is 6.76. The summed E-state index contributed by atoms with van der Waals surface area (Å²) < 4.78 is 0. The van der Waals surface area contributed by atoms with Crippen molar-refractivity contribution in [1.29, 1.82) is 0 Å². The van der Waals surface area contributed by atoms with E-state index in [9.17, 15) is 0 Å². The van der Waals surface area contributed by atoms with Crippen molar-refractivity contribution in [2.45, 2.75) is 63.1 Å². The second kappa shape index (κ2) is 4.93. The standard InChI is InChI=1S/C16H25ISi/c1-15(2,14-10-6-5-7-11-14)18(4,17)16(3)12-8-9-13-16/h5-7,10-11H,8-9,12-13H2,1-4H3. The van der Waals surface area contributed by atoms with E-state index < -0.39 is 5.57 Å². The Labute approximate surface area is 126 Å². The van der Waals surface area contributed by atoms with Crippen LogP contribution in [-0.2, 0) is 5.04 Å². The van der Waals surface area contributed by atoms with Crippen molar-refractivity contribution in [2.24, 2.45) is 0 Å². The van der Waals surface area contributed by atoms with Gasteiger partial charge in [0.2, 0.25) is 0 Å². The van der Waals surface area contributed by atoms with Crippen LogP contribution in [0.2, 0.25) is 11.6 Å². The molecule has 1 aromatic rings. The Hall–Kier alpha value is 0.167. The van der Waals surface area contributed by atoms with Gasteiger partial charge in [-0.15, -0.1) is 21.8 Å². The number of hydrogen-bond acceptors (Lipinski definition) is 0. The molecule has 1 saturated carbocycles. The fraction of sp³-hybridized carbons (Fsp3) is 0.625. The molecule has 0 spiro atoms. The van der Waals surface area contributed by atoms with Crippen molar-refractivity contribution in [1.82, 2.24) is 0 Å². The lowest BCUT2D eigenvalue weighted by Crippen LogP contribution is -2.52. The van der Waals surface area contributed by atoms with Gasteiger partial charge in [0.25, 0.3) is 0 Å². The first-order valence-electron chi connectivity index (χ1n) is 7.06. The Morgan fingerprint density at radius 2 is 1.61 bits per heavy atom. The van der Waals surface area contributed by atoms with Gasteiger partial charge in [-0.05, 0) is 28.5 Å². The van der Waals surface area contributed by atoms with Gasteiger partial charge in [0, 0.05) is 0 Å². The molecule has 18 heavy (non-hydrogen) atoms. The maximum Gasteiger partial charge on any atom is 0.138 e. The predicted octanol–water partition coefficient (Wildman–Crippen LogP) is 5.85. The molecule has 1 atom stereocenters. The quantitative estimate of drug-likeness (QED) is 0.355. The van der Waals surface area contributed by atoms with Gasteiger partial charge in [-0.2, -0.15) is 0 Å². The van der Waals surface area contributed by atoms with Crippen molar-refractivity contribution >= 4 is 27.4 Å². The topological polar surface area (TPSA) is 0 Å². The van der Waals surface area contributed by atoms with Crippen molar-refractivity contribution in [3.63, 3.8) is 0 Å². The van der Waals surface area contributed by atoms with E-state index in [4.69, 9.17) is 0 Å². The highest BCUT2D eigenvalue weighted by atomic mass is 127. The van der Waals surface area contributed by atoms with E-state index in [2.05, 4.69) is 79.4 Å². The van der Waals surface area contributed by atoms with E-state index in [0.717, 1.165) is 0 Å². The van der Waals surface area contributed by atoms with Gasteiger partial charge in [0.15, 0.2) is 0 Å². The summed E-state index contributed by atoms with van der Waals surface area (Å²) in [6, 6.07) is 11.2. The van der Waals surface area contributed by atoms with Crippen LogP contribution >= 0.6 is 21.8 Å². The van der Waals surface area contributed by atoms with Gasteiger partial charge >= 0.3 is 0 Å². The summed E-state index contributed by atoms with van der Waals surface area (Å²) in [4.78, 5) is 0. The number of rotatable bonds is 3. The summed E-state index contributed by atoms with van der Waals surface area (Å²) in [5.74, 6) is 0. The van der Waals surface area contributed by atoms with Crippen LogP contribution in [-0.4, -0.2) is 5.57 Å². The van der Waals surface area contributed by atoms with E-state index in [1.165, 1.54) is 31.2 Å². The fourth-order valence-corrected chi connectivity index (χ4v) is 9.57. The molecular formula is C16H25ISi. The first-order chi connectivity index (χ1) is 8.31. The first-order valence-corrected chi connectivity index (χ1v) is 12.7. The molecule has 0 bridgehead atoms. The lowest BCUT2D eigenvalue weighted by molar-refractivity contribution is 0.570. The molecule has 100 valence electrons. The summed E-state index contributed by atoms with van der Waals surface area (Å²) in [5.41, 5.74) is 0.136. The largest absolute Gasteiger partial charge is 0.138 e. The van der Waals surface area contributed by atoms with Crippen LogP contribution in [0.25, 0.3) is 0 Å². The van der Waals surface area contributed by atoms with E-state index in [0.29, 0.717) is 10.1 Å². The third-order valence-electron chi connectivity index (χ3n) is 5.51. The normalized spacial score (nSPS) is 22.7. The Morgan fingerprint density at radius 1 is 1.11 bits per heavy atom. The van der Waals surface area contributed by atoms with Crippen LogP contribution in [0.1, 0.15) is 52.0 Å². The molecule has 1 fully saturated rings. The molecule has 2 heteroatoms. The summed E-state index contributed by atoms with van der Waals surface area (Å²) in [6.07, 6.45) is 5.75. The highest BCUT2D eigenvalue weighted by Crippen LogP contribution is 2.60. The first kappa shape index (κ1) is 14.6. The zero-order valence-electron chi connectivity index (χ0n) is 12.1. The SMILES string of the molecule is CC1([Si](C)(I)C(C)(C)c2ccccc2)CCCC1. The molecule has 0 heterocycles. The Balaban J connectivity index is 2.39. The number of benzene rings is 1. The third-order valence-corrected chi connectivity index (χ3v) is 18.9. The molecule has 0 nitrogen and oxygen atoms in total. The number of hydrogen-bond donors (Lipinski definition) is 0. The average Bonchev–Trinajstić information content (AvgIpc) is 2.79. The van der Waals surface area contributed by atoms with Gasteiger partial charge in [-0.25, -0.2) is 0 Å². The lowest BCUT2D eigenvalue weighted by atomic mass is 10.0. The molecular weight excluding hydrogens is 347 g/mol. The Bertz CT molecular complexity index is 402. The smallest absolute Gasteiger partial charge is 0.117 e. The molecule has 0 aromatic heterocycles. The van der Waals surface area contributed by atoms with Crippen LogP contribution in [0, 0.1) is 0 Å². The monoisotopic (exact) mass is 372 g/mol. The van der Waals surface area contributed by atoms with E-state index >= 15 is 0 Å². The molecule has 0 amide bonds. The predicted molar refractivity (Wildman–Crippen MR) is 91.9 cm³/mol. The molecule has 0 aliphatic heterocycles. The van der Waals surface area contributed by atoms with Crippen molar-refractivity contribution < 1.29 is 0 Å². The highest BCUT2D eigenvalue weighted by Gasteiger charge is 2.55. The Morgan fingerprint density at radius 3 is 2.11 bits per heavy atom. The van der Waals surface area contributed by atoms with Crippen molar-refractivity contribution in [2.75, 3.05) is 0 Å². The van der Waals surface area contributed by atoms with Gasteiger partial charge in [0.05, 0.1) is 0 Å². The zero-order chi connectivity index (χ0) is 13.4. The van der Waals surface area contributed by atoms with E-state index in [1.54, 1.807) is 0 Å². The molecule has 1 aliphatic carbocycles. The van der Waals surface area contributed by atoms with Crippen LogP contribution in [0.15, 0.2) is 30.3 Å². The molecule has 1 aromatic carbocycles. The van der Waals surface area contributed by atoms with Gasteiger partial charge in [0.1, 0.15) is 5.57 Å². The van der Waals surface area contributed by atoms with Crippen LogP contribution in [0.4, 0.5) is 0 Å². The van der Waals surface area contributed by atoms with Crippen LogP contribution in [0.3, 0.4) is 0 Å². The molecule has 0 radical (unpaired) electrons. The minimum atomic E-state index is -1.39. The van der Waals surface area contributed by atoms with Crippen LogP contribution in [0.5, 0.6) is 0 Å². The summed E-state index contributed by atoms with van der Waals surface area (Å²) in [6.45, 7) is 10.1. The Kier molecular flexibility index (Phi) is 3.99. The van der Waals surface area contributed by atoms with Gasteiger partial charge < -0.3 is 0 Å². The van der Waals surface area contributed by atoms with E-state index in [-0.39, 0.29) is 0 Å². The molecule has 1 aliphatic rings. The third kappa shape index (κ3) is 2.19. The highest BCUT2D eigenvalue weighted by molar-refractivity contribution is 14.1. The van der Waals surface area contributed by atoms with E-state index in [1.807, 2.05) is 0 Å². The minimum absolute atomic E-state index is 0.341. The summed E-state index contributed by atoms with van der Waals surface area (Å²) >= 11 is 2.88. The molecule has 0 saturated heterocycles. The number of halogens is 1. The maximum absolute atomic E-state index is 2.88. The second-order valence-corrected chi connectivity index (χ2v) is 17.7. The van der Waals surface area contributed by atoms with Gasteiger partial charge in [-0.3, -0.25) is 0 Å². The lowest BCUT2D eigenvalue weighted by Gasteiger charge is -2.49. The summed E-state index contributed by atoms with van der Waals surface area (Å²) in [7, 11) is 0. The molecule has 1 unspecified atom stereocenters. The molecule has 2 rings (SSSR count). The van der Waals surface area contributed by atoms with Crippen molar-refractivity contribution in [3.05, 3.63) is 35.9 Å². The summed E-state index contributed by atoms with van der Waals surface area (Å²) in [5, 5.41) is 0.945.